The molecule has 6 nitrogen and oxygen atoms in total. The van der Waals surface area contributed by atoms with E-state index in [0.717, 1.165) is 0 Å². The number of nitrogens with one attached hydrogen (secondary N) is 1. The molecular formula is C10H18N2O4. The molecule has 92 valence electrons. The van der Waals surface area contributed by atoms with Crippen molar-refractivity contribution in [3.63, 3.8) is 0 Å². The molecule has 0 bridgehead atoms. The molecule has 0 fully saturated rings. The first-order valence-electron chi connectivity index (χ1n) is 5.29. The van der Waals surface area contributed by atoms with E-state index in [9.17, 15) is 14.4 Å². The Kier molecular flexibility index (Phi) is 6.91. The van der Waals surface area contributed by atoms with Crippen molar-refractivity contribution in [1.29, 1.82) is 0 Å². The number of amides is 3. The van der Waals surface area contributed by atoms with Crippen molar-refractivity contribution in [2.75, 3.05) is 19.7 Å². The lowest BCUT2D eigenvalue weighted by Gasteiger charge is -2.18. The van der Waals surface area contributed by atoms with Gasteiger partial charge in [0.1, 0.15) is 6.42 Å². The Labute approximate surface area is 94.9 Å². The van der Waals surface area contributed by atoms with E-state index in [1.165, 1.54) is 4.90 Å². The van der Waals surface area contributed by atoms with Gasteiger partial charge < -0.3 is 9.64 Å². The molecule has 0 aromatic rings. The molecule has 0 aliphatic heterocycles. The van der Waals surface area contributed by atoms with E-state index < -0.39 is 24.3 Å². The predicted octanol–water partition coefficient (Wildman–Crippen LogP) is 0.518. The van der Waals surface area contributed by atoms with Crippen molar-refractivity contribution in [1.82, 2.24) is 10.2 Å². The second-order valence-electron chi connectivity index (χ2n) is 3.01. The van der Waals surface area contributed by atoms with Gasteiger partial charge in [0, 0.05) is 13.1 Å². The molecule has 0 rings (SSSR count). The predicted molar refractivity (Wildman–Crippen MR) is 57.7 cm³/mol. The number of carbonyl (C=O) groups is 3. The highest BCUT2D eigenvalue weighted by atomic mass is 16.5. The minimum Gasteiger partial charge on any atom is -0.466 e. The van der Waals surface area contributed by atoms with Gasteiger partial charge in [0.15, 0.2) is 0 Å². The van der Waals surface area contributed by atoms with Gasteiger partial charge in [-0.25, -0.2) is 4.79 Å². The van der Waals surface area contributed by atoms with Crippen LogP contribution in [0.4, 0.5) is 4.79 Å². The highest BCUT2D eigenvalue weighted by molar-refractivity contribution is 6.02. The molecule has 0 saturated heterocycles. The number of rotatable bonds is 5. The van der Waals surface area contributed by atoms with Crippen LogP contribution in [0.25, 0.3) is 0 Å². The third-order valence-corrected chi connectivity index (χ3v) is 1.91. The number of nitrogens with zero attached hydrogens (tertiary/aromatic N) is 1. The van der Waals surface area contributed by atoms with E-state index in [2.05, 4.69) is 10.1 Å². The standard InChI is InChI=1S/C10H18N2O4/c1-4-12(5-2)10(15)11-8(13)7-9(14)16-6-3/h4-7H2,1-3H3,(H,11,13,15). The molecule has 0 aromatic heterocycles. The normalized spacial score (nSPS) is 9.44. The molecule has 16 heavy (non-hydrogen) atoms. The maximum atomic E-state index is 11.4. The van der Waals surface area contributed by atoms with E-state index >= 15 is 0 Å². The summed E-state index contributed by atoms with van der Waals surface area (Å²) in [5.74, 6) is -1.28. The van der Waals surface area contributed by atoms with Crippen molar-refractivity contribution in [2.24, 2.45) is 0 Å². The van der Waals surface area contributed by atoms with Gasteiger partial charge in [-0.1, -0.05) is 0 Å². The monoisotopic (exact) mass is 230 g/mol. The van der Waals surface area contributed by atoms with Gasteiger partial charge in [-0.3, -0.25) is 14.9 Å². The third-order valence-electron chi connectivity index (χ3n) is 1.91. The van der Waals surface area contributed by atoms with E-state index in [-0.39, 0.29) is 6.61 Å². The molecule has 3 amide bonds. The summed E-state index contributed by atoms with van der Waals surface area (Å²) in [5, 5.41) is 2.12. The van der Waals surface area contributed by atoms with Crippen LogP contribution in [0.3, 0.4) is 0 Å². The Morgan fingerprint density at radius 3 is 2.12 bits per heavy atom. The fourth-order valence-electron chi connectivity index (χ4n) is 1.10. The molecule has 0 saturated carbocycles. The molecule has 1 N–H and O–H groups in total. The van der Waals surface area contributed by atoms with E-state index in [1.807, 2.05) is 0 Å². The zero-order chi connectivity index (χ0) is 12.6. The summed E-state index contributed by atoms with van der Waals surface area (Å²) < 4.78 is 4.58. The van der Waals surface area contributed by atoms with Gasteiger partial charge >= 0.3 is 12.0 Å². The number of imide groups is 1. The number of carbonyl (C=O) groups excluding carboxylic acids is 3. The summed E-state index contributed by atoms with van der Waals surface area (Å²) in [7, 11) is 0. The SMILES string of the molecule is CCOC(=O)CC(=O)NC(=O)N(CC)CC. The van der Waals surface area contributed by atoms with Crippen molar-refractivity contribution in [2.45, 2.75) is 27.2 Å². The summed E-state index contributed by atoms with van der Waals surface area (Å²) in [5.41, 5.74) is 0. The van der Waals surface area contributed by atoms with E-state index in [4.69, 9.17) is 0 Å². The maximum Gasteiger partial charge on any atom is 0.324 e. The van der Waals surface area contributed by atoms with E-state index in [0.29, 0.717) is 13.1 Å². The summed E-state index contributed by atoms with van der Waals surface area (Å²) in [4.78, 5) is 35.0. The van der Waals surface area contributed by atoms with Gasteiger partial charge in [-0.15, -0.1) is 0 Å². The first-order valence-corrected chi connectivity index (χ1v) is 5.29. The average molecular weight is 230 g/mol. The number of urea groups is 1. The Hall–Kier alpha value is -1.59. The van der Waals surface area contributed by atoms with Crippen LogP contribution in [0.15, 0.2) is 0 Å². The van der Waals surface area contributed by atoms with Crippen LogP contribution < -0.4 is 5.32 Å². The largest absolute Gasteiger partial charge is 0.466 e. The summed E-state index contributed by atoms with van der Waals surface area (Å²) in [6.45, 7) is 6.49. The summed E-state index contributed by atoms with van der Waals surface area (Å²) >= 11 is 0. The van der Waals surface area contributed by atoms with E-state index in [1.54, 1.807) is 20.8 Å². The Morgan fingerprint density at radius 2 is 1.69 bits per heavy atom. The molecule has 0 unspecified atom stereocenters. The van der Waals surface area contributed by atoms with Gasteiger partial charge in [-0.05, 0) is 20.8 Å². The Morgan fingerprint density at radius 1 is 1.12 bits per heavy atom. The third kappa shape index (κ3) is 5.33. The first kappa shape index (κ1) is 14.4. The molecule has 0 heterocycles. The number of esters is 1. The first-order chi connectivity index (χ1) is 7.54. The molecule has 0 aromatic carbocycles. The van der Waals surface area contributed by atoms with Crippen LogP contribution >= 0.6 is 0 Å². The number of ether oxygens (including phenoxy) is 1. The molecular weight excluding hydrogens is 212 g/mol. The minimum absolute atomic E-state index is 0.218. The fourth-order valence-corrected chi connectivity index (χ4v) is 1.10. The Balaban J connectivity index is 4.04. The molecule has 0 atom stereocenters. The zero-order valence-electron chi connectivity index (χ0n) is 9.91. The second kappa shape index (κ2) is 7.67. The molecule has 6 heteroatoms. The summed E-state index contributed by atoms with van der Waals surface area (Å²) in [6.07, 6.45) is -0.430. The van der Waals surface area contributed by atoms with Crippen LogP contribution in [-0.4, -0.2) is 42.5 Å². The lowest BCUT2D eigenvalue weighted by atomic mass is 10.4. The van der Waals surface area contributed by atoms with Crippen molar-refractivity contribution >= 4 is 17.9 Å². The van der Waals surface area contributed by atoms with Crippen LogP contribution in [0.5, 0.6) is 0 Å². The highest BCUT2D eigenvalue weighted by Crippen LogP contribution is 1.91. The van der Waals surface area contributed by atoms with Gasteiger partial charge in [0.05, 0.1) is 6.61 Å². The van der Waals surface area contributed by atoms with Crippen molar-refractivity contribution in [3.8, 4) is 0 Å². The second-order valence-corrected chi connectivity index (χ2v) is 3.01. The maximum absolute atomic E-state index is 11.4. The average Bonchev–Trinajstić information content (AvgIpc) is 2.19. The molecule has 0 radical (unpaired) electrons. The highest BCUT2D eigenvalue weighted by Gasteiger charge is 2.16. The molecule has 0 spiro atoms. The minimum atomic E-state index is -0.643. The lowest BCUT2D eigenvalue weighted by molar-refractivity contribution is -0.145. The number of hydrogen-bond donors (Lipinski definition) is 1. The summed E-state index contributed by atoms with van der Waals surface area (Å²) in [6, 6.07) is -0.487. The topological polar surface area (TPSA) is 75.7 Å². The van der Waals surface area contributed by atoms with Gasteiger partial charge in [0.25, 0.3) is 0 Å². The fraction of sp³-hybridized carbons (Fsp3) is 0.700. The van der Waals surface area contributed by atoms with Gasteiger partial charge in [-0.2, -0.15) is 0 Å². The lowest BCUT2D eigenvalue weighted by Crippen LogP contribution is -2.43. The zero-order valence-corrected chi connectivity index (χ0v) is 9.91. The quantitative estimate of drug-likeness (QED) is 0.551. The van der Waals surface area contributed by atoms with Crippen molar-refractivity contribution in [3.05, 3.63) is 0 Å². The van der Waals surface area contributed by atoms with Crippen LogP contribution in [-0.2, 0) is 14.3 Å². The van der Waals surface area contributed by atoms with Crippen molar-refractivity contribution < 1.29 is 19.1 Å². The van der Waals surface area contributed by atoms with Crippen LogP contribution in [0.2, 0.25) is 0 Å². The van der Waals surface area contributed by atoms with Gasteiger partial charge in [0.2, 0.25) is 5.91 Å². The molecule has 0 aliphatic rings. The Bertz CT molecular complexity index is 262. The smallest absolute Gasteiger partial charge is 0.324 e. The number of hydrogen-bond acceptors (Lipinski definition) is 4. The molecule has 0 aliphatic carbocycles. The van der Waals surface area contributed by atoms with Crippen LogP contribution in [0, 0.1) is 0 Å². The van der Waals surface area contributed by atoms with Crippen LogP contribution in [0.1, 0.15) is 27.2 Å².